The minimum atomic E-state index is 0.375. The number of nitrogens with one attached hydrogen (secondary N) is 1. The lowest BCUT2D eigenvalue weighted by atomic mass is 10.2. The molecule has 0 fully saturated rings. The van der Waals surface area contributed by atoms with Crippen LogP contribution in [0.25, 0.3) is 0 Å². The van der Waals surface area contributed by atoms with Gasteiger partial charge in [0.15, 0.2) is 0 Å². The molecule has 74 valence electrons. The molecule has 0 aliphatic carbocycles. The zero-order valence-corrected chi connectivity index (χ0v) is 9.23. The smallest absolute Gasteiger partial charge is 0.130 e. The number of aliphatic imine (C=N–C) groups is 1. The van der Waals surface area contributed by atoms with Crippen molar-refractivity contribution < 1.29 is 0 Å². The van der Waals surface area contributed by atoms with Gasteiger partial charge in [0.1, 0.15) is 5.84 Å². The van der Waals surface area contributed by atoms with E-state index in [1.54, 1.807) is 6.07 Å². The number of nitrogens with zero attached hydrogens (tertiary/aromatic N) is 1. The first-order chi connectivity index (χ1) is 6.68. The van der Waals surface area contributed by atoms with Crippen LogP contribution in [-0.2, 0) is 0 Å². The summed E-state index contributed by atoms with van der Waals surface area (Å²) in [6, 6.07) is 5.93. The highest BCUT2D eigenvalue weighted by atomic mass is 35.5. The van der Waals surface area contributed by atoms with Gasteiger partial charge in [0.05, 0.1) is 16.6 Å². The molecule has 0 saturated heterocycles. The fourth-order valence-corrected chi connectivity index (χ4v) is 1.79. The molecule has 0 spiro atoms. The van der Waals surface area contributed by atoms with Crippen molar-refractivity contribution in [2.75, 3.05) is 6.54 Å². The third-order valence-corrected chi connectivity index (χ3v) is 2.93. The molecule has 1 aliphatic heterocycles. The van der Waals surface area contributed by atoms with Crippen molar-refractivity contribution in [3.05, 3.63) is 33.8 Å². The Kier molecular flexibility index (Phi) is 2.66. The van der Waals surface area contributed by atoms with E-state index in [9.17, 15) is 0 Å². The van der Waals surface area contributed by atoms with Crippen molar-refractivity contribution in [2.45, 2.75) is 13.0 Å². The molecule has 1 aromatic rings. The van der Waals surface area contributed by atoms with Crippen LogP contribution in [-0.4, -0.2) is 18.4 Å². The SMILES string of the molecule is CC1CN=C(c2cccc(Cl)c2Cl)N1. The summed E-state index contributed by atoms with van der Waals surface area (Å²) in [4.78, 5) is 4.35. The highest BCUT2D eigenvalue weighted by molar-refractivity contribution is 6.44. The fourth-order valence-electron chi connectivity index (χ4n) is 1.40. The maximum Gasteiger partial charge on any atom is 0.130 e. The molecular weight excluding hydrogens is 219 g/mol. The highest BCUT2D eigenvalue weighted by Gasteiger charge is 2.17. The first kappa shape index (κ1) is 9.81. The average molecular weight is 229 g/mol. The van der Waals surface area contributed by atoms with Crippen molar-refractivity contribution in [2.24, 2.45) is 4.99 Å². The van der Waals surface area contributed by atoms with Crippen LogP contribution in [0.2, 0.25) is 10.0 Å². The Morgan fingerprint density at radius 1 is 1.43 bits per heavy atom. The van der Waals surface area contributed by atoms with Crippen molar-refractivity contribution >= 4 is 29.0 Å². The Hall–Kier alpha value is -0.730. The number of rotatable bonds is 1. The second-order valence-corrected chi connectivity index (χ2v) is 4.12. The van der Waals surface area contributed by atoms with Crippen LogP contribution in [0.3, 0.4) is 0 Å². The fraction of sp³-hybridized carbons (Fsp3) is 0.300. The van der Waals surface area contributed by atoms with Crippen molar-refractivity contribution in [1.29, 1.82) is 0 Å². The third kappa shape index (κ3) is 1.72. The molecule has 1 heterocycles. The monoisotopic (exact) mass is 228 g/mol. The van der Waals surface area contributed by atoms with Crippen LogP contribution in [0.5, 0.6) is 0 Å². The van der Waals surface area contributed by atoms with Gasteiger partial charge in [0.25, 0.3) is 0 Å². The van der Waals surface area contributed by atoms with Crippen LogP contribution in [0.15, 0.2) is 23.2 Å². The minimum Gasteiger partial charge on any atom is -0.366 e. The molecule has 4 heteroatoms. The first-order valence-corrected chi connectivity index (χ1v) is 5.19. The van der Waals surface area contributed by atoms with Gasteiger partial charge in [0.2, 0.25) is 0 Å². The van der Waals surface area contributed by atoms with Gasteiger partial charge in [-0.2, -0.15) is 0 Å². The molecule has 1 aliphatic rings. The molecule has 0 saturated carbocycles. The van der Waals surface area contributed by atoms with E-state index in [0.717, 1.165) is 17.9 Å². The van der Waals surface area contributed by atoms with Gasteiger partial charge in [-0.25, -0.2) is 0 Å². The Balaban J connectivity index is 2.38. The van der Waals surface area contributed by atoms with E-state index in [1.165, 1.54) is 0 Å². The van der Waals surface area contributed by atoms with Crippen LogP contribution < -0.4 is 5.32 Å². The minimum absolute atomic E-state index is 0.375. The van der Waals surface area contributed by atoms with E-state index in [1.807, 2.05) is 12.1 Å². The van der Waals surface area contributed by atoms with Gasteiger partial charge >= 0.3 is 0 Å². The first-order valence-electron chi connectivity index (χ1n) is 4.44. The van der Waals surface area contributed by atoms with E-state index in [-0.39, 0.29) is 0 Å². The predicted molar refractivity (Wildman–Crippen MR) is 60.5 cm³/mol. The van der Waals surface area contributed by atoms with Crippen LogP contribution in [0.4, 0.5) is 0 Å². The molecule has 2 rings (SSSR count). The van der Waals surface area contributed by atoms with Crippen molar-refractivity contribution in [1.82, 2.24) is 5.32 Å². The molecule has 1 aromatic carbocycles. The summed E-state index contributed by atoms with van der Waals surface area (Å²) in [6.07, 6.45) is 0. The summed E-state index contributed by atoms with van der Waals surface area (Å²) in [6.45, 7) is 2.87. The largest absolute Gasteiger partial charge is 0.366 e. The van der Waals surface area contributed by atoms with Gasteiger partial charge in [-0.05, 0) is 19.1 Å². The molecule has 0 bridgehead atoms. The normalized spacial score (nSPS) is 20.5. The number of halogens is 2. The lowest BCUT2D eigenvalue weighted by molar-refractivity contribution is 0.726. The zero-order valence-electron chi connectivity index (χ0n) is 7.72. The number of amidine groups is 1. The number of hydrogen-bond donors (Lipinski definition) is 1. The maximum absolute atomic E-state index is 6.07. The van der Waals surface area contributed by atoms with E-state index in [0.29, 0.717) is 16.1 Å². The molecule has 1 unspecified atom stereocenters. The second kappa shape index (κ2) is 3.79. The Labute approximate surface area is 92.9 Å². The standard InChI is InChI=1S/C10H10Cl2N2/c1-6-5-13-10(14-6)7-3-2-4-8(11)9(7)12/h2-4,6H,5H2,1H3,(H,13,14). The molecule has 14 heavy (non-hydrogen) atoms. The van der Waals surface area contributed by atoms with Crippen LogP contribution in [0.1, 0.15) is 12.5 Å². The summed E-state index contributed by atoms with van der Waals surface area (Å²) in [5.74, 6) is 0.838. The lowest BCUT2D eigenvalue weighted by Crippen LogP contribution is -2.27. The Bertz CT molecular complexity index is 388. The van der Waals surface area contributed by atoms with E-state index < -0.39 is 0 Å². The molecule has 2 nitrogen and oxygen atoms in total. The molecule has 0 radical (unpaired) electrons. The number of hydrogen-bond acceptors (Lipinski definition) is 2. The van der Waals surface area contributed by atoms with Crippen LogP contribution >= 0.6 is 23.2 Å². The molecule has 0 aromatic heterocycles. The summed E-state index contributed by atoms with van der Waals surface area (Å²) in [5, 5.41) is 4.37. The van der Waals surface area contributed by atoms with E-state index in [4.69, 9.17) is 23.2 Å². The van der Waals surface area contributed by atoms with E-state index in [2.05, 4.69) is 17.2 Å². The average Bonchev–Trinajstić information content (AvgIpc) is 2.57. The van der Waals surface area contributed by atoms with Gasteiger partial charge in [0, 0.05) is 11.6 Å². The van der Waals surface area contributed by atoms with E-state index >= 15 is 0 Å². The quantitative estimate of drug-likeness (QED) is 0.786. The Morgan fingerprint density at radius 2 is 2.21 bits per heavy atom. The summed E-state index contributed by atoms with van der Waals surface area (Å²) in [7, 11) is 0. The number of benzene rings is 1. The summed E-state index contributed by atoms with van der Waals surface area (Å²) >= 11 is 12.0. The van der Waals surface area contributed by atoms with Crippen molar-refractivity contribution in [3.8, 4) is 0 Å². The van der Waals surface area contributed by atoms with Gasteiger partial charge in [-0.1, -0.05) is 29.3 Å². The summed E-state index contributed by atoms with van der Waals surface area (Å²) < 4.78 is 0. The maximum atomic E-state index is 6.07. The zero-order chi connectivity index (χ0) is 10.1. The molecule has 1 N–H and O–H groups in total. The van der Waals surface area contributed by atoms with Gasteiger partial charge in [-0.15, -0.1) is 0 Å². The predicted octanol–water partition coefficient (Wildman–Crippen LogP) is 2.73. The second-order valence-electron chi connectivity index (χ2n) is 3.34. The molecule has 0 amide bonds. The van der Waals surface area contributed by atoms with Crippen LogP contribution in [0, 0.1) is 0 Å². The summed E-state index contributed by atoms with van der Waals surface area (Å²) in [5.41, 5.74) is 0.878. The molecular formula is C10H10Cl2N2. The highest BCUT2D eigenvalue weighted by Crippen LogP contribution is 2.26. The third-order valence-electron chi connectivity index (χ3n) is 2.11. The lowest BCUT2D eigenvalue weighted by Gasteiger charge is -2.08. The topological polar surface area (TPSA) is 24.4 Å². The van der Waals surface area contributed by atoms with Crippen molar-refractivity contribution in [3.63, 3.8) is 0 Å². The van der Waals surface area contributed by atoms with Gasteiger partial charge < -0.3 is 5.32 Å². The molecule has 1 atom stereocenters. The van der Waals surface area contributed by atoms with Gasteiger partial charge in [-0.3, -0.25) is 4.99 Å². The Morgan fingerprint density at radius 3 is 2.86 bits per heavy atom.